The molecule has 0 aliphatic rings. The van der Waals surface area contributed by atoms with Gasteiger partial charge in [0.25, 0.3) is 0 Å². The van der Waals surface area contributed by atoms with E-state index >= 15 is 0 Å². The summed E-state index contributed by atoms with van der Waals surface area (Å²) >= 11 is 5.19. The van der Waals surface area contributed by atoms with Crippen molar-refractivity contribution < 1.29 is 0 Å². The molecule has 0 nitrogen and oxygen atoms in total. The van der Waals surface area contributed by atoms with E-state index in [0.717, 1.165) is 9.97 Å². The Morgan fingerprint density at radius 1 is 0.864 bits per heavy atom. The lowest BCUT2D eigenvalue weighted by atomic mass is 10.0. The van der Waals surface area contributed by atoms with Crippen LogP contribution in [0.1, 0.15) is 17.5 Å². The molecule has 0 aliphatic heterocycles. The SMILES string of the molecule is C[Si](C)(C)C(I)C/C(=C(\I)c1ccccc1)c1ccccc1. The third-order valence-electron chi connectivity index (χ3n) is 3.74. The second-order valence-corrected chi connectivity index (χ2v) is 15.7. The number of benzene rings is 2. The molecule has 1 unspecified atom stereocenters. The molecule has 3 heteroatoms. The Balaban J connectivity index is 2.47. The summed E-state index contributed by atoms with van der Waals surface area (Å²) in [6.45, 7) is 7.38. The largest absolute Gasteiger partial charge is 0.0857 e. The molecule has 0 saturated carbocycles. The lowest BCUT2D eigenvalue weighted by molar-refractivity contribution is 1.17. The summed E-state index contributed by atoms with van der Waals surface area (Å²) < 4.78 is 2.11. The highest BCUT2D eigenvalue weighted by molar-refractivity contribution is 14.1. The Morgan fingerprint density at radius 3 is 1.77 bits per heavy atom. The van der Waals surface area contributed by atoms with Crippen molar-refractivity contribution in [3.05, 3.63) is 71.8 Å². The number of rotatable bonds is 5. The zero-order valence-corrected chi connectivity index (χ0v) is 18.6. The van der Waals surface area contributed by atoms with Gasteiger partial charge in [-0.1, -0.05) is 103 Å². The van der Waals surface area contributed by atoms with Crippen LogP contribution in [0.4, 0.5) is 0 Å². The molecular weight excluding hydrogens is 510 g/mol. The maximum absolute atomic E-state index is 2.67. The highest BCUT2D eigenvalue weighted by Gasteiger charge is 2.26. The summed E-state index contributed by atoms with van der Waals surface area (Å²) in [6.07, 6.45) is 1.15. The average molecular weight is 532 g/mol. The molecule has 0 aromatic heterocycles. The Morgan fingerprint density at radius 2 is 1.32 bits per heavy atom. The minimum absolute atomic E-state index is 0.730. The van der Waals surface area contributed by atoms with Gasteiger partial charge in [-0.25, -0.2) is 0 Å². The second kappa shape index (κ2) is 8.10. The molecule has 0 heterocycles. The smallest absolute Gasteiger partial charge is 0.0589 e. The molecule has 22 heavy (non-hydrogen) atoms. The molecule has 1 atom stereocenters. The van der Waals surface area contributed by atoms with Crippen LogP contribution in [0.15, 0.2) is 60.7 Å². The van der Waals surface area contributed by atoms with Crippen LogP contribution in [0, 0.1) is 0 Å². The van der Waals surface area contributed by atoms with E-state index in [0.29, 0.717) is 0 Å². The Labute approximate surface area is 162 Å². The molecule has 2 aromatic rings. The van der Waals surface area contributed by atoms with Gasteiger partial charge in [-0.05, 0) is 45.7 Å². The maximum atomic E-state index is 2.67. The lowest BCUT2D eigenvalue weighted by Crippen LogP contribution is -2.33. The van der Waals surface area contributed by atoms with Crippen molar-refractivity contribution in [3.63, 3.8) is 0 Å². The molecule has 0 amide bonds. The average Bonchev–Trinajstić information content (AvgIpc) is 2.52. The predicted molar refractivity (Wildman–Crippen MR) is 119 cm³/mol. The van der Waals surface area contributed by atoms with Gasteiger partial charge in [-0.2, -0.15) is 0 Å². The Hall–Kier alpha value is -0.143. The summed E-state index contributed by atoms with van der Waals surface area (Å²) in [6, 6.07) is 21.6. The van der Waals surface area contributed by atoms with E-state index < -0.39 is 8.07 Å². The molecule has 2 aromatic carbocycles. The first-order valence-electron chi connectivity index (χ1n) is 7.53. The summed E-state index contributed by atoms with van der Waals surface area (Å²) in [5.41, 5.74) is 4.16. The highest BCUT2D eigenvalue weighted by Crippen LogP contribution is 2.37. The summed E-state index contributed by atoms with van der Waals surface area (Å²) in [5, 5.41) is 0. The molecule has 0 fully saturated rings. The van der Waals surface area contributed by atoms with Crippen LogP contribution >= 0.6 is 45.2 Å². The van der Waals surface area contributed by atoms with Crippen LogP contribution in [-0.4, -0.2) is 11.6 Å². The van der Waals surface area contributed by atoms with Crippen LogP contribution in [0.25, 0.3) is 9.15 Å². The van der Waals surface area contributed by atoms with E-state index in [4.69, 9.17) is 0 Å². The van der Waals surface area contributed by atoms with Gasteiger partial charge in [0.1, 0.15) is 0 Å². The monoisotopic (exact) mass is 532 g/mol. The minimum atomic E-state index is -1.15. The van der Waals surface area contributed by atoms with E-state index in [1.165, 1.54) is 20.3 Å². The van der Waals surface area contributed by atoms with Crippen LogP contribution in [-0.2, 0) is 0 Å². The van der Waals surface area contributed by atoms with Crippen molar-refractivity contribution in [2.24, 2.45) is 0 Å². The van der Waals surface area contributed by atoms with Gasteiger partial charge in [-0.15, -0.1) is 0 Å². The Kier molecular flexibility index (Phi) is 6.70. The lowest BCUT2D eigenvalue weighted by Gasteiger charge is -2.25. The van der Waals surface area contributed by atoms with Gasteiger partial charge in [-0.3, -0.25) is 0 Å². The van der Waals surface area contributed by atoms with Crippen LogP contribution in [0.2, 0.25) is 19.6 Å². The van der Waals surface area contributed by atoms with Crippen molar-refractivity contribution in [1.82, 2.24) is 0 Å². The van der Waals surface area contributed by atoms with E-state index in [-0.39, 0.29) is 0 Å². The van der Waals surface area contributed by atoms with E-state index in [9.17, 15) is 0 Å². The van der Waals surface area contributed by atoms with Gasteiger partial charge in [0.15, 0.2) is 0 Å². The van der Waals surface area contributed by atoms with Gasteiger partial charge in [0, 0.05) is 7.13 Å². The first kappa shape index (κ1) is 18.2. The van der Waals surface area contributed by atoms with Crippen molar-refractivity contribution in [3.8, 4) is 0 Å². The van der Waals surface area contributed by atoms with Gasteiger partial charge >= 0.3 is 0 Å². The zero-order valence-electron chi connectivity index (χ0n) is 13.3. The second-order valence-electron chi connectivity index (χ2n) is 6.56. The minimum Gasteiger partial charge on any atom is -0.0857 e. The third-order valence-corrected chi connectivity index (χ3v) is 13.1. The molecule has 0 N–H and O–H groups in total. The molecule has 2 rings (SSSR count). The zero-order chi connectivity index (χ0) is 16.2. The molecule has 116 valence electrons. The third kappa shape index (κ3) is 4.93. The van der Waals surface area contributed by atoms with Crippen molar-refractivity contribution in [2.45, 2.75) is 29.6 Å². The van der Waals surface area contributed by atoms with Crippen molar-refractivity contribution in [2.75, 3.05) is 0 Å². The van der Waals surface area contributed by atoms with E-state index in [1.54, 1.807) is 0 Å². The number of allylic oxidation sites excluding steroid dienone is 1. The van der Waals surface area contributed by atoms with Crippen LogP contribution < -0.4 is 0 Å². The molecule has 0 aliphatic carbocycles. The maximum Gasteiger partial charge on any atom is 0.0589 e. The van der Waals surface area contributed by atoms with E-state index in [1.807, 2.05) is 0 Å². The summed E-state index contributed by atoms with van der Waals surface area (Å²) in [4.78, 5) is 0. The molecule has 0 spiro atoms. The first-order chi connectivity index (χ1) is 10.4. The predicted octanol–water partition coefficient (Wildman–Crippen LogP) is 7.06. The molecule has 0 radical (unpaired) electrons. The standard InChI is InChI=1S/C19H22I2Si/c1-22(2,3)18(20)14-17(15-10-6-4-7-11-15)19(21)16-12-8-5-9-13-16/h4-13,18H,14H2,1-3H3/b19-17+. The normalized spacial score (nSPS) is 14.4. The van der Waals surface area contributed by atoms with E-state index in [2.05, 4.69) is 125 Å². The Bertz CT molecular complexity index is 627. The fourth-order valence-electron chi connectivity index (χ4n) is 2.22. The quantitative estimate of drug-likeness (QED) is 0.168. The number of hydrogen-bond donors (Lipinski definition) is 0. The summed E-state index contributed by atoms with van der Waals surface area (Å²) in [5.74, 6) is 0. The summed E-state index contributed by atoms with van der Waals surface area (Å²) in [7, 11) is -1.15. The van der Waals surface area contributed by atoms with Crippen LogP contribution in [0.5, 0.6) is 0 Å². The van der Waals surface area contributed by atoms with Crippen LogP contribution in [0.3, 0.4) is 0 Å². The highest BCUT2D eigenvalue weighted by atomic mass is 127. The molecule has 0 saturated heterocycles. The number of halogens is 2. The van der Waals surface area contributed by atoms with Crippen molar-refractivity contribution in [1.29, 1.82) is 0 Å². The molecule has 0 bridgehead atoms. The van der Waals surface area contributed by atoms with Gasteiger partial charge < -0.3 is 0 Å². The first-order valence-corrected chi connectivity index (χ1v) is 13.4. The van der Waals surface area contributed by atoms with Crippen molar-refractivity contribution >= 4 is 62.4 Å². The topological polar surface area (TPSA) is 0 Å². The fourth-order valence-corrected chi connectivity index (χ4v) is 4.37. The number of alkyl halides is 1. The number of hydrogen-bond acceptors (Lipinski definition) is 0. The molecular formula is C19H22I2Si. The fraction of sp³-hybridized carbons (Fsp3) is 0.263. The van der Waals surface area contributed by atoms with Gasteiger partial charge in [0.05, 0.1) is 8.07 Å². The van der Waals surface area contributed by atoms with Gasteiger partial charge in [0.2, 0.25) is 0 Å².